The van der Waals surface area contributed by atoms with Gasteiger partial charge in [0, 0.05) is 4.47 Å². The number of carbonyl (C=O) groups is 3. The van der Waals surface area contributed by atoms with Gasteiger partial charge in [-0.15, -0.1) is 0 Å². The number of nitrogens with two attached hydrogens (primary N) is 1. The van der Waals surface area contributed by atoms with Crippen LogP contribution in [0.4, 0.5) is 4.79 Å². The van der Waals surface area contributed by atoms with Gasteiger partial charge in [0.2, 0.25) is 0 Å². The first kappa shape index (κ1) is 17.0. The Bertz CT molecular complexity index is 574. The number of nitrogens with one attached hydrogen (secondary N) is 1. The van der Waals surface area contributed by atoms with E-state index in [4.69, 9.17) is 10.5 Å². The molecule has 0 heterocycles. The quantitative estimate of drug-likeness (QED) is 0.705. The van der Waals surface area contributed by atoms with Crippen LogP contribution < -0.4 is 11.1 Å². The molecule has 0 saturated heterocycles. The molecule has 1 aromatic rings. The molecule has 0 unspecified atom stereocenters. The van der Waals surface area contributed by atoms with Gasteiger partial charge >= 0.3 is 12.0 Å². The molecule has 3 amide bonds. The summed E-state index contributed by atoms with van der Waals surface area (Å²) < 4.78 is 5.62. The number of carbonyl (C=O) groups excluding carboxylic acids is 3. The molecule has 8 heteroatoms. The van der Waals surface area contributed by atoms with Gasteiger partial charge in [0.25, 0.3) is 5.91 Å². The Morgan fingerprint density at radius 3 is 2.48 bits per heavy atom. The van der Waals surface area contributed by atoms with Gasteiger partial charge in [0.1, 0.15) is 11.3 Å². The molecule has 1 rings (SSSR count). The first-order valence-electron chi connectivity index (χ1n) is 6.02. The normalized spacial score (nSPS) is 11.8. The Labute approximate surface area is 129 Å². The van der Waals surface area contributed by atoms with Crippen molar-refractivity contribution in [2.24, 2.45) is 11.7 Å². The summed E-state index contributed by atoms with van der Waals surface area (Å²) in [5.41, 5.74) is 4.76. The second kappa shape index (κ2) is 7.07. The van der Waals surface area contributed by atoms with Crippen molar-refractivity contribution in [3.63, 3.8) is 0 Å². The molecule has 4 N–H and O–H groups in total. The monoisotopic (exact) mass is 358 g/mol. The first-order valence-corrected chi connectivity index (χ1v) is 6.81. The zero-order chi connectivity index (χ0) is 16.2. The van der Waals surface area contributed by atoms with Gasteiger partial charge in [-0.1, -0.05) is 29.8 Å². The Morgan fingerprint density at radius 2 is 1.95 bits per heavy atom. The summed E-state index contributed by atoms with van der Waals surface area (Å²) in [6.07, 6.45) is -1.21. The maximum absolute atomic E-state index is 12.0. The van der Waals surface area contributed by atoms with E-state index in [1.165, 1.54) is 12.1 Å². The van der Waals surface area contributed by atoms with Crippen LogP contribution in [0.3, 0.4) is 0 Å². The first-order chi connectivity index (χ1) is 9.72. The fourth-order valence-corrected chi connectivity index (χ4v) is 1.90. The highest BCUT2D eigenvalue weighted by molar-refractivity contribution is 9.10. The van der Waals surface area contributed by atoms with E-state index in [-0.39, 0.29) is 17.2 Å². The summed E-state index contributed by atoms with van der Waals surface area (Å²) in [7, 11) is 0. The molecule has 0 fully saturated rings. The van der Waals surface area contributed by atoms with Gasteiger partial charge in [0.15, 0.2) is 6.10 Å². The Morgan fingerprint density at radius 1 is 1.33 bits per heavy atom. The number of benzene rings is 1. The predicted octanol–water partition coefficient (Wildman–Crippen LogP) is 1.53. The van der Waals surface area contributed by atoms with E-state index in [1.54, 1.807) is 19.9 Å². The molecule has 21 heavy (non-hydrogen) atoms. The van der Waals surface area contributed by atoms with E-state index in [0.29, 0.717) is 4.47 Å². The van der Waals surface area contributed by atoms with Crippen molar-refractivity contribution in [2.45, 2.75) is 20.0 Å². The number of primary amides is 1. The molecule has 0 radical (unpaired) electrons. The van der Waals surface area contributed by atoms with Crippen molar-refractivity contribution < 1.29 is 24.2 Å². The summed E-state index contributed by atoms with van der Waals surface area (Å²) in [4.78, 5) is 34.5. The number of hydrogen-bond acceptors (Lipinski definition) is 5. The van der Waals surface area contributed by atoms with Crippen LogP contribution in [-0.4, -0.2) is 29.1 Å². The summed E-state index contributed by atoms with van der Waals surface area (Å²) >= 11 is 3.16. The molecule has 0 aliphatic heterocycles. The summed E-state index contributed by atoms with van der Waals surface area (Å²) in [5.74, 6) is -2.36. The maximum Gasteiger partial charge on any atom is 0.342 e. The van der Waals surface area contributed by atoms with Gasteiger partial charge in [-0.2, -0.15) is 0 Å². The van der Waals surface area contributed by atoms with Crippen molar-refractivity contribution in [1.82, 2.24) is 5.32 Å². The second-order valence-corrected chi connectivity index (χ2v) is 5.50. The van der Waals surface area contributed by atoms with E-state index < -0.39 is 24.0 Å². The smallest absolute Gasteiger partial charge is 0.342 e. The van der Waals surface area contributed by atoms with Crippen LogP contribution in [0.5, 0.6) is 5.75 Å². The van der Waals surface area contributed by atoms with Crippen LogP contribution in [0.25, 0.3) is 0 Å². The van der Waals surface area contributed by atoms with Crippen molar-refractivity contribution in [3.8, 4) is 5.75 Å². The van der Waals surface area contributed by atoms with Crippen molar-refractivity contribution in [3.05, 3.63) is 28.2 Å². The SMILES string of the molecule is CC(C)[C@H](OC(=O)c1cc(Br)ccc1O)C(=O)NC(N)=O. The fourth-order valence-electron chi connectivity index (χ4n) is 1.54. The molecule has 1 atom stereocenters. The molecule has 114 valence electrons. The number of urea groups is 1. The minimum Gasteiger partial charge on any atom is -0.507 e. The fraction of sp³-hybridized carbons (Fsp3) is 0.308. The molecule has 0 aliphatic rings. The number of ether oxygens (including phenoxy) is 1. The number of hydrogen-bond donors (Lipinski definition) is 3. The zero-order valence-corrected chi connectivity index (χ0v) is 13.0. The number of halogens is 1. The lowest BCUT2D eigenvalue weighted by Gasteiger charge is -2.20. The van der Waals surface area contributed by atoms with Crippen LogP contribution >= 0.6 is 15.9 Å². The lowest BCUT2D eigenvalue weighted by molar-refractivity contribution is -0.130. The van der Waals surface area contributed by atoms with Crippen LogP contribution in [0.2, 0.25) is 0 Å². The average molecular weight is 359 g/mol. The number of phenolic OH excluding ortho intramolecular Hbond substituents is 1. The van der Waals surface area contributed by atoms with Gasteiger partial charge < -0.3 is 15.6 Å². The highest BCUT2D eigenvalue weighted by Gasteiger charge is 2.28. The minimum atomic E-state index is -1.21. The molecule has 0 bridgehead atoms. The number of aromatic hydroxyl groups is 1. The molecular weight excluding hydrogens is 344 g/mol. The Balaban J connectivity index is 2.93. The zero-order valence-electron chi connectivity index (χ0n) is 11.4. The lowest BCUT2D eigenvalue weighted by atomic mass is 10.1. The summed E-state index contributed by atoms with van der Waals surface area (Å²) in [6, 6.07) is 3.19. The van der Waals surface area contributed by atoms with Crippen LogP contribution in [0, 0.1) is 5.92 Å². The number of phenols is 1. The molecular formula is C13H15BrN2O5. The maximum atomic E-state index is 12.0. The predicted molar refractivity (Wildman–Crippen MR) is 77.6 cm³/mol. The van der Waals surface area contributed by atoms with E-state index in [1.807, 2.05) is 5.32 Å². The Kier molecular flexibility index (Phi) is 5.71. The lowest BCUT2D eigenvalue weighted by Crippen LogP contribution is -2.45. The third kappa shape index (κ3) is 4.75. The summed E-state index contributed by atoms with van der Waals surface area (Å²) in [6.45, 7) is 3.28. The summed E-state index contributed by atoms with van der Waals surface area (Å²) in [5, 5.41) is 11.5. The van der Waals surface area contributed by atoms with Crippen molar-refractivity contribution >= 4 is 33.8 Å². The van der Waals surface area contributed by atoms with E-state index in [2.05, 4.69) is 15.9 Å². The van der Waals surface area contributed by atoms with E-state index in [9.17, 15) is 19.5 Å². The van der Waals surface area contributed by atoms with Gasteiger partial charge in [-0.05, 0) is 24.1 Å². The van der Waals surface area contributed by atoms with Crippen LogP contribution in [-0.2, 0) is 9.53 Å². The average Bonchev–Trinajstić information content (AvgIpc) is 2.37. The third-order valence-electron chi connectivity index (χ3n) is 2.52. The van der Waals surface area contributed by atoms with Crippen LogP contribution in [0.1, 0.15) is 24.2 Å². The molecule has 0 spiro atoms. The van der Waals surface area contributed by atoms with Crippen molar-refractivity contribution in [1.29, 1.82) is 0 Å². The highest BCUT2D eigenvalue weighted by atomic mass is 79.9. The Hall–Kier alpha value is -2.09. The third-order valence-corrected chi connectivity index (χ3v) is 3.02. The van der Waals surface area contributed by atoms with E-state index >= 15 is 0 Å². The number of esters is 1. The number of amides is 3. The highest BCUT2D eigenvalue weighted by Crippen LogP contribution is 2.23. The molecule has 7 nitrogen and oxygen atoms in total. The minimum absolute atomic E-state index is 0.0955. The second-order valence-electron chi connectivity index (χ2n) is 4.58. The molecule has 0 aromatic heterocycles. The van der Waals surface area contributed by atoms with Crippen molar-refractivity contribution in [2.75, 3.05) is 0 Å². The van der Waals surface area contributed by atoms with Gasteiger partial charge in [-0.25, -0.2) is 9.59 Å². The van der Waals surface area contributed by atoms with Crippen LogP contribution in [0.15, 0.2) is 22.7 Å². The standard InChI is InChI=1S/C13H15BrN2O5/c1-6(2)10(11(18)16-13(15)20)21-12(19)8-5-7(14)3-4-9(8)17/h3-6,10,17H,1-2H3,(H3,15,16,18,20)/t10-/m0/s1. The molecule has 1 aromatic carbocycles. The molecule has 0 saturated carbocycles. The topological polar surface area (TPSA) is 119 Å². The molecule has 0 aliphatic carbocycles. The van der Waals surface area contributed by atoms with Gasteiger partial charge in [0.05, 0.1) is 0 Å². The van der Waals surface area contributed by atoms with E-state index in [0.717, 1.165) is 0 Å². The van der Waals surface area contributed by atoms with Gasteiger partial charge in [-0.3, -0.25) is 10.1 Å². The largest absolute Gasteiger partial charge is 0.507 e. The number of rotatable bonds is 4. The number of imide groups is 1.